The molecule has 2 N–H and O–H groups in total. The van der Waals surface area contributed by atoms with Gasteiger partial charge in [0.1, 0.15) is 5.75 Å². The monoisotopic (exact) mass is 457 g/mol. The molecule has 0 fully saturated rings. The third-order valence-electron chi connectivity index (χ3n) is 4.10. The Morgan fingerprint density at radius 1 is 1.16 bits per heavy atom. The second-order valence-electron chi connectivity index (χ2n) is 6.62. The Bertz CT molecular complexity index is 1150. The molecule has 0 aliphatic heterocycles. The van der Waals surface area contributed by atoms with Crippen molar-refractivity contribution in [2.75, 3.05) is 5.75 Å². The van der Waals surface area contributed by atoms with Crippen LogP contribution in [0.25, 0.3) is 0 Å². The largest absolute Gasteiger partial charge is 0.484 e. The van der Waals surface area contributed by atoms with Gasteiger partial charge in [0.2, 0.25) is 5.91 Å². The van der Waals surface area contributed by atoms with E-state index < -0.39 is 16.7 Å². The molecule has 0 bridgehead atoms. The van der Waals surface area contributed by atoms with Crippen LogP contribution in [-0.4, -0.2) is 32.7 Å². The van der Waals surface area contributed by atoms with Gasteiger partial charge in [0.05, 0.1) is 10.7 Å². The first-order chi connectivity index (χ1) is 15.3. The number of thioether (sulfide) groups is 1. The Morgan fingerprint density at radius 2 is 1.97 bits per heavy atom. The number of aromatic nitrogens is 2. The maximum atomic E-state index is 12.0. The summed E-state index contributed by atoms with van der Waals surface area (Å²) in [6.45, 7) is 3.98. The summed E-state index contributed by atoms with van der Waals surface area (Å²) in [5.41, 5.74) is 6.27. The van der Waals surface area contributed by atoms with Crippen molar-refractivity contribution in [3.05, 3.63) is 75.2 Å². The van der Waals surface area contributed by atoms with Crippen molar-refractivity contribution in [2.24, 2.45) is 0 Å². The van der Waals surface area contributed by atoms with Crippen molar-refractivity contribution in [1.29, 1.82) is 0 Å². The number of hydrazine groups is 1. The van der Waals surface area contributed by atoms with Crippen LogP contribution in [0, 0.1) is 24.0 Å². The van der Waals surface area contributed by atoms with Gasteiger partial charge in [0, 0.05) is 17.7 Å². The van der Waals surface area contributed by atoms with Crippen LogP contribution in [0.1, 0.15) is 27.4 Å². The molecule has 1 heterocycles. The number of rotatable bonds is 8. The minimum atomic E-state index is -0.685. The summed E-state index contributed by atoms with van der Waals surface area (Å²) in [6.07, 6.45) is 0. The maximum absolute atomic E-state index is 12.0. The van der Waals surface area contributed by atoms with E-state index in [1.54, 1.807) is 0 Å². The molecule has 2 aromatic carbocycles. The molecule has 0 saturated carbocycles. The Labute approximate surface area is 186 Å². The van der Waals surface area contributed by atoms with E-state index in [9.17, 15) is 19.7 Å². The lowest BCUT2D eigenvalue weighted by molar-refractivity contribution is -0.384. The fourth-order valence-electron chi connectivity index (χ4n) is 2.48. The van der Waals surface area contributed by atoms with Gasteiger partial charge in [-0.25, -0.2) is 0 Å². The molecule has 32 heavy (non-hydrogen) atoms. The standard InChI is InChI=1S/C20H19N5O6S/c1-12-6-7-13(2)16(8-12)30-10-18-22-24-20(31-18)32-11-17(26)21-23-19(27)14-4-3-5-15(9-14)25(28)29/h3-9H,10-11H2,1-2H3,(H,21,26)(H,23,27). The first kappa shape index (κ1) is 22.7. The van der Waals surface area contributed by atoms with Crippen LogP contribution < -0.4 is 15.6 Å². The lowest BCUT2D eigenvalue weighted by Gasteiger charge is -2.07. The number of benzene rings is 2. The van der Waals surface area contributed by atoms with Gasteiger partial charge in [-0.1, -0.05) is 30.0 Å². The minimum Gasteiger partial charge on any atom is -0.484 e. The molecule has 0 radical (unpaired) electrons. The predicted molar refractivity (Wildman–Crippen MR) is 114 cm³/mol. The molecule has 12 heteroatoms. The van der Waals surface area contributed by atoms with Crippen molar-refractivity contribution in [1.82, 2.24) is 21.0 Å². The summed E-state index contributed by atoms with van der Waals surface area (Å²) >= 11 is 0.982. The van der Waals surface area contributed by atoms with E-state index in [4.69, 9.17) is 9.15 Å². The Morgan fingerprint density at radius 3 is 2.75 bits per heavy atom. The van der Waals surface area contributed by atoms with E-state index in [2.05, 4.69) is 21.0 Å². The van der Waals surface area contributed by atoms with E-state index in [0.29, 0.717) is 0 Å². The first-order valence-electron chi connectivity index (χ1n) is 9.30. The SMILES string of the molecule is Cc1ccc(C)c(OCc2nnc(SCC(=O)NNC(=O)c3cccc([N+](=O)[O-])c3)o2)c1. The molecule has 0 saturated heterocycles. The average Bonchev–Trinajstić information content (AvgIpc) is 3.24. The highest BCUT2D eigenvalue weighted by atomic mass is 32.2. The molecule has 3 rings (SSSR count). The second kappa shape index (κ2) is 10.4. The van der Waals surface area contributed by atoms with Gasteiger partial charge in [0.15, 0.2) is 6.61 Å². The third-order valence-corrected chi connectivity index (χ3v) is 4.92. The normalized spacial score (nSPS) is 10.4. The highest BCUT2D eigenvalue weighted by Crippen LogP contribution is 2.21. The third kappa shape index (κ3) is 6.28. The molecule has 0 atom stereocenters. The van der Waals surface area contributed by atoms with Crippen molar-refractivity contribution in [3.63, 3.8) is 0 Å². The Hall–Kier alpha value is -3.93. The van der Waals surface area contributed by atoms with Crippen molar-refractivity contribution in [2.45, 2.75) is 25.7 Å². The van der Waals surface area contributed by atoms with Gasteiger partial charge < -0.3 is 9.15 Å². The number of nitro benzene ring substituents is 1. The number of nitrogens with zero attached hydrogens (tertiary/aromatic N) is 3. The highest BCUT2D eigenvalue weighted by Gasteiger charge is 2.14. The first-order valence-corrected chi connectivity index (χ1v) is 10.3. The number of carbonyl (C=O) groups is 2. The summed E-state index contributed by atoms with van der Waals surface area (Å²) in [6, 6.07) is 11.0. The molecule has 0 unspecified atom stereocenters. The van der Waals surface area contributed by atoms with E-state index in [-0.39, 0.29) is 34.7 Å². The van der Waals surface area contributed by atoms with E-state index >= 15 is 0 Å². The molecule has 1 aromatic heterocycles. The molecule has 0 aliphatic rings. The highest BCUT2D eigenvalue weighted by molar-refractivity contribution is 7.99. The number of ether oxygens (including phenoxy) is 1. The number of aryl methyl sites for hydroxylation is 2. The zero-order chi connectivity index (χ0) is 23.1. The topological polar surface area (TPSA) is 149 Å². The van der Waals surface area contributed by atoms with Crippen LogP contribution in [0.5, 0.6) is 5.75 Å². The van der Waals surface area contributed by atoms with Crippen LogP contribution >= 0.6 is 11.8 Å². The number of nitro groups is 1. The smallest absolute Gasteiger partial charge is 0.277 e. The van der Waals surface area contributed by atoms with Gasteiger partial charge in [-0.15, -0.1) is 10.2 Å². The van der Waals surface area contributed by atoms with Crippen molar-refractivity contribution in [3.8, 4) is 5.75 Å². The minimum absolute atomic E-state index is 0.0394. The maximum Gasteiger partial charge on any atom is 0.277 e. The molecule has 11 nitrogen and oxygen atoms in total. The lowest BCUT2D eigenvalue weighted by Crippen LogP contribution is -2.42. The van der Waals surface area contributed by atoms with Gasteiger partial charge in [0.25, 0.3) is 22.7 Å². The molecule has 3 aromatic rings. The zero-order valence-electron chi connectivity index (χ0n) is 17.2. The summed E-state index contributed by atoms with van der Waals surface area (Å²) in [7, 11) is 0. The van der Waals surface area contributed by atoms with Gasteiger partial charge in [-0.05, 0) is 37.1 Å². The van der Waals surface area contributed by atoms with Crippen LogP contribution in [0.2, 0.25) is 0 Å². The number of amides is 2. The number of non-ortho nitro benzene ring substituents is 1. The van der Waals surface area contributed by atoms with Crippen molar-refractivity contribution >= 4 is 29.3 Å². The number of hydrogen-bond acceptors (Lipinski definition) is 9. The van der Waals surface area contributed by atoms with E-state index in [1.165, 1.54) is 18.2 Å². The summed E-state index contributed by atoms with van der Waals surface area (Å²) in [4.78, 5) is 34.1. The molecule has 0 spiro atoms. The van der Waals surface area contributed by atoms with Crippen molar-refractivity contribution < 1.29 is 23.7 Å². The Kier molecular flexibility index (Phi) is 7.39. The quantitative estimate of drug-likeness (QED) is 0.296. The van der Waals surface area contributed by atoms with Gasteiger partial charge in [-0.2, -0.15) is 0 Å². The summed E-state index contributed by atoms with van der Waals surface area (Å²) in [5.74, 6) is -0.339. The van der Waals surface area contributed by atoms with Crippen LogP contribution in [0.15, 0.2) is 52.1 Å². The summed E-state index contributed by atoms with van der Waals surface area (Å²) < 4.78 is 11.1. The number of carbonyl (C=O) groups excluding carboxylic acids is 2. The summed E-state index contributed by atoms with van der Waals surface area (Å²) in [5, 5.41) is 18.7. The molecular formula is C20H19N5O6S. The van der Waals surface area contributed by atoms with Gasteiger partial charge >= 0.3 is 0 Å². The predicted octanol–water partition coefficient (Wildman–Crippen LogP) is 2.73. The van der Waals surface area contributed by atoms with Crippen LogP contribution in [0.3, 0.4) is 0 Å². The van der Waals surface area contributed by atoms with Gasteiger partial charge in [-0.3, -0.25) is 30.6 Å². The fourth-order valence-corrected chi connectivity index (χ4v) is 3.06. The molecule has 0 aliphatic carbocycles. The van der Waals surface area contributed by atoms with E-state index in [0.717, 1.165) is 34.7 Å². The molecule has 166 valence electrons. The second-order valence-corrected chi connectivity index (χ2v) is 7.54. The fraction of sp³-hybridized carbons (Fsp3) is 0.200. The average molecular weight is 457 g/mol. The number of nitrogens with one attached hydrogen (secondary N) is 2. The zero-order valence-corrected chi connectivity index (χ0v) is 18.0. The number of hydrogen-bond donors (Lipinski definition) is 2. The molecular weight excluding hydrogens is 438 g/mol. The lowest BCUT2D eigenvalue weighted by atomic mass is 10.1. The van der Waals surface area contributed by atoms with Crippen LogP contribution in [0.4, 0.5) is 5.69 Å². The Balaban J connectivity index is 1.44. The van der Waals surface area contributed by atoms with Crippen LogP contribution in [-0.2, 0) is 11.4 Å². The molecule has 2 amide bonds. The van der Waals surface area contributed by atoms with E-state index in [1.807, 2.05) is 32.0 Å².